The van der Waals surface area contributed by atoms with Crippen LogP contribution < -0.4 is 5.32 Å². The van der Waals surface area contributed by atoms with Crippen molar-refractivity contribution < 1.29 is 19.4 Å². The third-order valence-corrected chi connectivity index (χ3v) is 3.07. The Bertz CT molecular complexity index is 393. The van der Waals surface area contributed by atoms with Gasteiger partial charge in [0.25, 0.3) is 0 Å². The van der Waals surface area contributed by atoms with E-state index in [4.69, 9.17) is 9.52 Å². The summed E-state index contributed by atoms with van der Waals surface area (Å²) in [6.07, 6.45) is 0.784. The highest BCUT2D eigenvalue weighted by atomic mass is 16.4. The number of aliphatic hydroxyl groups excluding tert-OH is 1. The normalized spacial score (nSPS) is 14.6. The number of hydrogen-bond acceptors (Lipinski definition) is 4. The molecule has 1 rings (SSSR count). The molecule has 0 amide bonds. The number of furan rings is 1. The lowest BCUT2D eigenvalue weighted by atomic mass is 10.00. The van der Waals surface area contributed by atoms with E-state index < -0.39 is 5.97 Å². The standard InChI is InChI=1S/C12H19NO4/c1-4-12(3,7-14)13-6-9-5-10(11(15)16)17-8(9)2/h5,13-14H,4,6-7H2,1-3H3,(H,15,16). The number of aryl methyl sites for hydroxylation is 1. The quantitative estimate of drug-likeness (QED) is 0.703. The number of carbonyl (C=O) groups is 1. The van der Waals surface area contributed by atoms with Crippen molar-refractivity contribution in [2.45, 2.75) is 39.3 Å². The minimum Gasteiger partial charge on any atom is -0.475 e. The number of aromatic carboxylic acids is 1. The van der Waals surface area contributed by atoms with Crippen molar-refractivity contribution in [1.82, 2.24) is 5.32 Å². The molecule has 0 bridgehead atoms. The van der Waals surface area contributed by atoms with Crippen molar-refractivity contribution in [1.29, 1.82) is 0 Å². The van der Waals surface area contributed by atoms with E-state index >= 15 is 0 Å². The van der Waals surface area contributed by atoms with E-state index in [0.717, 1.165) is 12.0 Å². The Kier molecular flexibility index (Phi) is 4.31. The minimum absolute atomic E-state index is 0.0339. The summed E-state index contributed by atoms with van der Waals surface area (Å²) in [5, 5.41) is 21.2. The van der Waals surface area contributed by atoms with Crippen LogP contribution in [0, 0.1) is 6.92 Å². The molecule has 1 aromatic heterocycles. The summed E-state index contributed by atoms with van der Waals surface area (Å²) in [7, 11) is 0. The summed E-state index contributed by atoms with van der Waals surface area (Å²) < 4.78 is 5.11. The number of carboxylic acid groups (broad SMARTS) is 1. The molecule has 1 atom stereocenters. The maximum absolute atomic E-state index is 10.7. The van der Waals surface area contributed by atoms with Crippen LogP contribution in [-0.4, -0.2) is 28.3 Å². The molecule has 96 valence electrons. The van der Waals surface area contributed by atoms with Crippen LogP contribution in [0.3, 0.4) is 0 Å². The smallest absolute Gasteiger partial charge is 0.371 e. The number of nitrogens with one attached hydrogen (secondary N) is 1. The molecular formula is C12H19NO4. The highest BCUT2D eigenvalue weighted by Crippen LogP contribution is 2.16. The lowest BCUT2D eigenvalue weighted by Gasteiger charge is -2.27. The van der Waals surface area contributed by atoms with Crippen LogP contribution in [-0.2, 0) is 6.54 Å². The van der Waals surface area contributed by atoms with Gasteiger partial charge in [-0.05, 0) is 26.3 Å². The van der Waals surface area contributed by atoms with E-state index in [1.54, 1.807) is 6.92 Å². The highest BCUT2D eigenvalue weighted by Gasteiger charge is 2.21. The first-order chi connectivity index (χ1) is 7.91. The van der Waals surface area contributed by atoms with Gasteiger partial charge < -0.3 is 19.9 Å². The van der Waals surface area contributed by atoms with E-state index in [1.807, 2.05) is 13.8 Å². The van der Waals surface area contributed by atoms with Crippen molar-refractivity contribution in [2.75, 3.05) is 6.61 Å². The molecule has 0 saturated heterocycles. The second-order valence-corrected chi connectivity index (χ2v) is 4.42. The van der Waals surface area contributed by atoms with Crippen molar-refractivity contribution in [3.8, 4) is 0 Å². The van der Waals surface area contributed by atoms with Crippen molar-refractivity contribution >= 4 is 5.97 Å². The third-order valence-electron chi connectivity index (χ3n) is 3.07. The number of hydrogen-bond donors (Lipinski definition) is 3. The number of rotatable bonds is 6. The Morgan fingerprint density at radius 1 is 1.59 bits per heavy atom. The molecule has 1 aromatic rings. The third kappa shape index (κ3) is 3.31. The molecule has 0 aliphatic rings. The second kappa shape index (κ2) is 5.33. The zero-order valence-electron chi connectivity index (χ0n) is 10.4. The molecule has 1 heterocycles. The van der Waals surface area contributed by atoms with Crippen molar-refractivity contribution in [3.05, 3.63) is 23.2 Å². The molecule has 0 aliphatic heterocycles. The molecule has 17 heavy (non-hydrogen) atoms. The first-order valence-corrected chi connectivity index (χ1v) is 5.60. The van der Waals surface area contributed by atoms with E-state index in [0.29, 0.717) is 12.3 Å². The van der Waals surface area contributed by atoms with Crippen LogP contribution in [0.2, 0.25) is 0 Å². The molecule has 0 radical (unpaired) electrons. The van der Waals surface area contributed by atoms with E-state index in [-0.39, 0.29) is 17.9 Å². The van der Waals surface area contributed by atoms with Gasteiger partial charge in [0.05, 0.1) is 6.61 Å². The Morgan fingerprint density at radius 3 is 2.65 bits per heavy atom. The summed E-state index contributed by atoms with van der Waals surface area (Å²) in [6.45, 7) is 6.14. The first-order valence-electron chi connectivity index (χ1n) is 5.60. The van der Waals surface area contributed by atoms with Gasteiger partial charge >= 0.3 is 5.97 Å². The van der Waals surface area contributed by atoms with Gasteiger partial charge in [-0.15, -0.1) is 0 Å². The number of carboxylic acids is 1. The summed E-state index contributed by atoms with van der Waals surface area (Å²) >= 11 is 0. The molecule has 0 aromatic carbocycles. The zero-order valence-corrected chi connectivity index (χ0v) is 10.4. The Balaban J connectivity index is 2.72. The second-order valence-electron chi connectivity index (χ2n) is 4.42. The zero-order chi connectivity index (χ0) is 13.1. The topological polar surface area (TPSA) is 82.7 Å². The van der Waals surface area contributed by atoms with Gasteiger partial charge in [0.2, 0.25) is 5.76 Å². The monoisotopic (exact) mass is 241 g/mol. The SMILES string of the molecule is CCC(C)(CO)NCc1cc(C(=O)O)oc1C. The van der Waals surface area contributed by atoms with Gasteiger partial charge in [0.15, 0.2) is 0 Å². The first kappa shape index (κ1) is 13.7. The van der Waals surface area contributed by atoms with Gasteiger partial charge in [-0.3, -0.25) is 0 Å². The fourth-order valence-electron chi connectivity index (χ4n) is 1.40. The van der Waals surface area contributed by atoms with E-state index in [2.05, 4.69) is 5.32 Å². The molecule has 0 saturated carbocycles. The van der Waals surface area contributed by atoms with Crippen LogP contribution >= 0.6 is 0 Å². The molecule has 0 fully saturated rings. The Hall–Kier alpha value is -1.33. The predicted molar refractivity (Wildman–Crippen MR) is 63.0 cm³/mol. The Labute approximate surface area is 100 Å². The summed E-state index contributed by atoms with van der Waals surface area (Å²) in [4.78, 5) is 10.7. The molecule has 5 heteroatoms. The molecule has 1 unspecified atom stereocenters. The van der Waals surface area contributed by atoms with E-state index in [9.17, 15) is 9.90 Å². The Morgan fingerprint density at radius 2 is 2.24 bits per heavy atom. The fraction of sp³-hybridized carbons (Fsp3) is 0.583. The van der Waals surface area contributed by atoms with Crippen LogP contribution in [0.15, 0.2) is 10.5 Å². The fourth-order valence-corrected chi connectivity index (χ4v) is 1.40. The molecule has 0 spiro atoms. The van der Waals surface area contributed by atoms with Crippen LogP contribution in [0.1, 0.15) is 42.1 Å². The van der Waals surface area contributed by atoms with Crippen LogP contribution in [0.25, 0.3) is 0 Å². The van der Waals surface area contributed by atoms with Gasteiger partial charge in [0, 0.05) is 17.6 Å². The predicted octanol–water partition coefficient (Wildman–Crippen LogP) is 1.54. The maximum Gasteiger partial charge on any atom is 0.371 e. The van der Waals surface area contributed by atoms with Crippen molar-refractivity contribution in [2.24, 2.45) is 0 Å². The minimum atomic E-state index is -1.07. The van der Waals surface area contributed by atoms with Crippen molar-refractivity contribution in [3.63, 3.8) is 0 Å². The summed E-state index contributed by atoms with van der Waals surface area (Å²) in [5.41, 5.74) is 0.447. The number of aliphatic hydroxyl groups is 1. The van der Waals surface area contributed by atoms with Crippen LogP contribution in [0.5, 0.6) is 0 Å². The molecule has 0 aliphatic carbocycles. The van der Waals surface area contributed by atoms with Gasteiger partial charge in [-0.1, -0.05) is 6.92 Å². The molecule has 3 N–H and O–H groups in total. The molecule has 5 nitrogen and oxygen atoms in total. The van der Waals surface area contributed by atoms with Crippen LogP contribution in [0.4, 0.5) is 0 Å². The lowest BCUT2D eigenvalue weighted by molar-refractivity contribution is 0.0661. The van der Waals surface area contributed by atoms with Gasteiger partial charge in [-0.25, -0.2) is 4.79 Å². The van der Waals surface area contributed by atoms with Gasteiger partial charge in [0.1, 0.15) is 5.76 Å². The highest BCUT2D eigenvalue weighted by molar-refractivity contribution is 5.84. The lowest BCUT2D eigenvalue weighted by Crippen LogP contribution is -2.44. The largest absolute Gasteiger partial charge is 0.475 e. The average molecular weight is 241 g/mol. The average Bonchev–Trinajstić information content (AvgIpc) is 2.68. The van der Waals surface area contributed by atoms with Gasteiger partial charge in [-0.2, -0.15) is 0 Å². The maximum atomic E-state index is 10.7. The molecular weight excluding hydrogens is 222 g/mol. The summed E-state index contributed by atoms with van der Waals surface area (Å²) in [5.74, 6) is -0.535. The summed E-state index contributed by atoms with van der Waals surface area (Å²) in [6, 6.07) is 1.51. The van der Waals surface area contributed by atoms with E-state index in [1.165, 1.54) is 6.07 Å².